The molecule has 0 radical (unpaired) electrons. The summed E-state index contributed by atoms with van der Waals surface area (Å²) in [6, 6.07) is 7.28. The highest BCUT2D eigenvalue weighted by Crippen LogP contribution is 2.22. The zero-order valence-electron chi connectivity index (χ0n) is 11.7. The Morgan fingerprint density at radius 2 is 2.25 bits per heavy atom. The van der Waals surface area contributed by atoms with E-state index in [1.807, 2.05) is 0 Å². The zero-order valence-corrected chi connectivity index (χ0v) is 13.2. The van der Waals surface area contributed by atoms with Crippen LogP contribution in [0.1, 0.15) is 38.2 Å². The average molecular weight is 338 g/mol. The molecule has 5 heteroatoms. The first-order valence-electron chi connectivity index (χ1n) is 6.80. The molecule has 0 aliphatic heterocycles. The van der Waals surface area contributed by atoms with E-state index in [0.29, 0.717) is 30.1 Å². The highest BCUT2D eigenvalue weighted by Gasteiger charge is 2.11. The molecule has 0 saturated heterocycles. The van der Waals surface area contributed by atoms with Crippen molar-refractivity contribution in [2.45, 2.75) is 32.6 Å². The van der Waals surface area contributed by atoms with Gasteiger partial charge in [0.2, 0.25) is 5.91 Å². The molecule has 0 saturated carbocycles. The molecule has 1 amide bonds. The highest BCUT2D eigenvalue weighted by atomic mass is 79.9. The van der Waals surface area contributed by atoms with Crippen LogP contribution in [0.2, 0.25) is 0 Å². The maximum absolute atomic E-state index is 11.9. The van der Waals surface area contributed by atoms with Gasteiger partial charge in [0.15, 0.2) is 0 Å². The second kappa shape index (κ2) is 8.72. The summed E-state index contributed by atoms with van der Waals surface area (Å²) in [6.45, 7) is 2.77. The standard InChI is InChI=1S/C15H20BrN3O/c1-2-11(7-8-17)3-6-15(20)19-14-9-13(16)5-4-12(14)10-18/h4-5,9,11H,2-3,6-8,17H2,1H3,(H,19,20). The molecule has 1 atom stereocenters. The first-order valence-corrected chi connectivity index (χ1v) is 7.59. The molecule has 0 bridgehead atoms. The van der Waals surface area contributed by atoms with Crippen molar-refractivity contribution in [2.24, 2.45) is 11.7 Å². The van der Waals surface area contributed by atoms with Crippen molar-refractivity contribution in [1.29, 1.82) is 5.26 Å². The lowest BCUT2D eigenvalue weighted by Crippen LogP contribution is -2.15. The third kappa shape index (κ3) is 5.32. The summed E-state index contributed by atoms with van der Waals surface area (Å²) in [7, 11) is 0. The Balaban J connectivity index is 2.58. The van der Waals surface area contributed by atoms with E-state index in [2.05, 4.69) is 34.2 Å². The third-order valence-electron chi connectivity index (χ3n) is 3.31. The van der Waals surface area contributed by atoms with E-state index in [0.717, 1.165) is 23.7 Å². The molecule has 0 spiro atoms. The summed E-state index contributed by atoms with van der Waals surface area (Å²) in [4.78, 5) is 11.9. The van der Waals surface area contributed by atoms with Gasteiger partial charge in [-0.05, 0) is 43.5 Å². The van der Waals surface area contributed by atoms with Crippen LogP contribution in [0.25, 0.3) is 0 Å². The highest BCUT2D eigenvalue weighted by molar-refractivity contribution is 9.10. The van der Waals surface area contributed by atoms with Crippen LogP contribution in [0.4, 0.5) is 5.69 Å². The van der Waals surface area contributed by atoms with Crippen LogP contribution in [-0.2, 0) is 4.79 Å². The lowest BCUT2D eigenvalue weighted by atomic mass is 9.96. The molecule has 108 valence electrons. The number of benzene rings is 1. The molecule has 20 heavy (non-hydrogen) atoms. The van der Waals surface area contributed by atoms with Gasteiger partial charge < -0.3 is 11.1 Å². The number of hydrogen-bond acceptors (Lipinski definition) is 3. The van der Waals surface area contributed by atoms with Crippen molar-refractivity contribution in [3.63, 3.8) is 0 Å². The molecular weight excluding hydrogens is 318 g/mol. The van der Waals surface area contributed by atoms with Crippen LogP contribution >= 0.6 is 15.9 Å². The van der Waals surface area contributed by atoms with Crippen LogP contribution in [0, 0.1) is 17.2 Å². The predicted octanol–water partition coefficient (Wildman–Crippen LogP) is 3.41. The van der Waals surface area contributed by atoms with Crippen molar-refractivity contribution in [1.82, 2.24) is 0 Å². The Hall–Kier alpha value is -1.38. The fourth-order valence-corrected chi connectivity index (χ4v) is 2.41. The second-order valence-corrected chi connectivity index (χ2v) is 5.66. The van der Waals surface area contributed by atoms with Gasteiger partial charge >= 0.3 is 0 Å². The molecule has 1 rings (SSSR count). The number of rotatable bonds is 7. The van der Waals surface area contributed by atoms with E-state index in [1.54, 1.807) is 18.2 Å². The minimum Gasteiger partial charge on any atom is -0.330 e. The van der Waals surface area contributed by atoms with Crippen LogP contribution in [0.3, 0.4) is 0 Å². The molecule has 1 aromatic carbocycles. The Labute approximate surface area is 128 Å². The van der Waals surface area contributed by atoms with Gasteiger partial charge in [0.1, 0.15) is 6.07 Å². The summed E-state index contributed by atoms with van der Waals surface area (Å²) in [6.07, 6.45) is 3.26. The lowest BCUT2D eigenvalue weighted by Gasteiger charge is -2.13. The van der Waals surface area contributed by atoms with Crippen molar-refractivity contribution >= 4 is 27.5 Å². The van der Waals surface area contributed by atoms with Gasteiger partial charge in [0, 0.05) is 10.9 Å². The second-order valence-electron chi connectivity index (χ2n) is 4.74. The number of nitrogens with zero attached hydrogens (tertiary/aromatic N) is 1. The number of carbonyl (C=O) groups is 1. The fraction of sp³-hybridized carbons (Fsp3) is 0.467. The molecule has 3 N–H and O–H groups in total. The van der Waals surface area contributed by atoms with E-state index in [-0.39, 0.29) is 5.91 Å². The summed E-state index contributed by atoms with van der Waals surface area (Å²) in [5, 5.41) is 11.8. The number of nitriles is 1. The Bertz CT molecular complexity index is 496. The van der Waals surface area contributed by atoms with Crippen molar-refractivity contribution < 1.29 is 4.79 Å². The third-order valence-corrected chi connectivity index (χ3v) is 3.80. The van der Waals surface area contributed by atoms with Crippen LogP contribution < -0.4 is 11.1 Å². The normalized spacial score (nSPS) is 11.7. The van der Waals surface area contributed by atoms with Gasteiger partial charge in [-0.3, -0.25) is 4.79 Å². The summed E-state index contributed by atoms with van der Waals surface area (Å²) >= 11 is 3.33. The molecule has 0 aromatic heterocycles. The number of anilines is 1. The van der Waals surface area contributed by atoms with Gasteiger partial charge in [-0.25, -0.2) is 0 Å². The summed E-state index contributed by atoms with van der Waals surface area (Å²) < 4.78 is 0.835. The SMILES string of the molecule is CCC(CCN)CCC(=O)Nc1cc(Br)ccc1C#N. The fourth-order valence-electron chi connectivity index (χ4n) is 2.05. The monoisotopic (exact) mass is 337 g/mol. The van der Waals surface area contributed by atoms with Crippen molar-refractivity contribution in [2.75, 3.05) is 11.9 Å². The van der Waals surface area contributed by atoms with Gasteiger partial charge in [-0.2, -0.15) is 5.26 Å². The molecule has 1 unspecified atom stereocenters. The molecule has 0 heterocycles. The topological polar surface area (TPSA) is 78.9 Å². The molecule has 1 aromatic rings. The van der Waals surface area contributed by atoms with Crippen molar-refractivity contribution in [3.8, 4) is 6.07 Å². The van der Waals surface area contributed by atoms with E-state index < -0.39 is 0 Å². The minimum absolute atomic E-state index is 0.0601. The largest absolute Gasteiger partial charge is 0.330 e. The number of nitrogens with two attached hydrogens (primary N) is 1. The number of halogens is 1. The average Bonchev–Trinajstić information content (AvgIpc) is 2.43. The minimum atomic E-state index is -0.0601. The molecule has 0 aliphatic rings. The predicted molar refractivity (Wildman–Crippen MR) is 84.2 cm³/mol. The maximum Gasteiger partial charge on any atom is 0.224 e. The van der Waals surface area contributed by atoms with Gasteiger partial charge in [0.25, 0.3) is 0 Å². The summed E-state index contributed by atoms with van der Waals surface area (Å²) in [5.41, 5.74) is 6.57. The van der Waals surface area contributed by atoms with Crippen molar-refractivity contribution in [3.05, 3.63) is 28.2 Å². The first kappa shape index (κ1) is 16.7. The van der Waals surface area contributed by atoms with Gasteiger partial charge in [-0.1, -0.05) is 29.3 Å². The Morgan fingerprint density at radius 1 is 1.50 bits per heavy atom. The van der Waals surface area contributed by atoms with Crippen LogP contribution in [0.15, 0.2) is 22.7 Å². The van der Waals surface area contributed by atoms with E-state index in [4.69, 9.17) is 11.0 Å². The lowest BCUT2D eigenvalue weighted by molar-refractivity contribution is -0.116. The molecular formula is C15H20BrN3O. The zero-order chi connectivity index (χ0) is 15.0. The van der Waals surface area contributed by atoms with Crippen LogP contribution in [0.5, 0.6) is 0 Å². The molecule has 0 fully saturated rings. The van der Waals surface area contributed by atoms with E-state index in [1.165, 1.54) is 0 Å². The van der Waals surface area contributed by atoms with E-state index >= 15 is 0 Å². The molecule has 0 aliphatic carbocycles. The smallest absolute Gasteiger partial charge is 0.224 e. The van der Waals surface area contributed by atoms with E-state index in [9.17, 15) is 4.79 Å². The number of hydrogen-bond donors (Lipinski definition) is 2. The van der Waals surface area contributed by atoms with Gasteiger partial charge in [-0.15, -0.1) is 0 Å². The quantitative estimate of drug-likeness (QED) is 0.799. The Morgan fingerprint density at radius 3 is 2.85 bits per heavy atom. The van der Waals surface area contributed by atoms with Crippen LogP contribution in [-0.4, -0.2) is 12.5 Å². The Kier molecular flexibility index (Phi) is 7.27. The number of nitrogens with one attached hydrogen (secondary N) is 1. The number of amides is 1. The molecule has 4 nitrogen and oxygen atoms in total. The van der Waals surface area contributed by atoms with Gasteiger partial charge in [0.05, 0.1) is 11.3 Å². The summed E-state index contributed by atoms with van der Waals surface area (Å²) in [5.74, 6) is 0.429. The maximum atomic E-state index is 11.9. The number of carbonyl (C=O) groups excluding carboxylic acids is 1. The first-order chi connectivity index (χ1) is 9.60.